The van der Waals surface area contributed by atoms with Gasteiger partial charge in [-0.1, -0.05) is 30.7 Å². The van der Waals surface area contributed by atoms with Gasteiger partial charge in [-0.3, -0.25) is 14.4 Å². The summed E-state index contributed by atoms with van der Waals surface area (Å²) < 4.78 is 52.9. The summed E-state index contributed by atoms with van der Waals surface area (Å²) >= 11 is 0. The molecule has 0 spiro atoms. The lowest BCUT2D eigenvalue weighted by Crippen LogP contribution is -2.47. The number of likely N-dealkylation sites (N-methyl/N-ethyl adjacent to an activating group) is 1. The fourth-order valence-electron chi connectivity index (χ4n) is 6.10. The van der Waals surface area contributed by atoms with Gasteiger partial charge in [-0.2, -0.15) is 0 Å². The average Bonchev–Trinajstić information content (AvgIpc) is 3.54. The molecular formula is C37H49N3O8S. The number of aliphatic hydroxyl groups excluding tert-OH is 1. The predicted molar refractivity (Wildman–Crippen MR) is 188 cm³/mol. The number of ether oxygens (including phenoxy) is 4. The van der Waals surface area contributed by atoms with Gasteiger partial charge in [-0.05, 0) is 95.1 Å². The second kappa shape index (κ2) is 16.2. The molecule has 11 nitrogen and oxygen atoms in total. The van der Waals surface area contributed by atoms with Gasteiger partial charge < -0.3 is 29.0 Å². The smallest absolute Gasteiger partial charge is 0.261 e. The monoisotopic (exact) mass is 695 g/mol. The van der Waals surface area contributed by atoms with E-state index >= 15 is 0 Å². The summed E-state index contributed by atoms with van der Waals surface area (Å²) in [5, 5.41) is 10.3. The van der Waals surface area contributed by atoms with Crippen LogP contribution in [-0.4, -0.2) is 87.6 Å². The summed E-state index contributed by atoms with van der Waals surface area (Å²) in [4.78, 5) is 18.4. The molecule has 0 fully saturated rings. The molecule has 49 heavy (non-hydrogen) atoms. The first-order chi connectivity index (χ1) is 23.4. The van der Waals surface area contributed by atoms with Crippen molar-refractivity contribution >= 4 is 21.6 Å². The molecule has 1 amide bonds. The van der Waals surface area contributed by atoms with E-state index in [-0.39, 0.29) is 53.6 Å². The number of carbonyl (C=O) groups is 1. The Kier molecular flexibility index (Phi) is 12.1. The first-order valence-corrected chi connectivity index (χ1v) is 18.4. The summed E-state index contributed by atoms with van der Waals surface area (Å²) in [6.07, 6.45) is 2.07. The van der Waals surface area contributed by atoms with Crippen molar-refractivity contribution in [1.29, 1.82) is 0 Å². The van der Waals surface area contributed by atoms with Crippen molar-refractivity contribution in [3.8, 4) is 17.2 Å². The number of nitrogens with zero attached hydrogens (tertiary/aromatic N) is 2. The Morgan fingerprint density at radius 2 is 1.73 bits per heavy atom. The fourth-order valence-corrected chi connectivity index (χ4v) is 7.15. The average molecular weight is 696 g/mol. The molecule has 3 aromatic carbocycles. The van der Waals surface area contributed by atoms with Crippen molar-refractivity contribution in [2.45, 2.75) is 76.6 Å². The van der Waals surface area contributed by atoms with Crippen molar-refractivity contribution in [1.82, 2.24) is 9.80 Å². The number of aryl methyl sites for hydroxylation is 1. The van der Waals surface area contributed by atoms with Crippen LogP contribution in [0.1, 0.15) is 61.5 Å². The third-order valence-corrected chi connectivity index (χ3v) is 10.4. The van der Waals surface area contributed by atoms with Crippen LogP contribution in [0.4, 0.5) is 5.69 Å². The maximum atomic E-state index is 14.4. The molecule has 0 saturated carbocycles. The minimum atomic E-state index is -3.91. The highest BCUT2D eigenvalue weighted by Gasteiger charge is 2.31. The van der Waals surface area contributed by atoms with Gasteiger partial charge in [0.1, 0.15) is 5.75 Å². The minimum Gasteiger partial charge on any atom is -0.490 e. The van der Waals surface area contributed by atoms with Crippen LogP contribution in [0.5, 0.6) is 17.2 Å². The fraction of sp³-hybridized carbons (Fsp3) is 0.486. The van der Waals surface area contributed by atoms with Crippen LogP contribution in [0.2, 0.25) is 0 Å². The lowest BCUT2D eigenvalue weighted by atomic mass is 10.0. The molecule has 2 heterocycles. The molecule has 2 aliphatic heterocycles. The first kappa shape index (κ1) is 36.4. The highest BCUT2D eigenvalue weighted by atomic mass is 32.2. The van der Waals surface area contributed by atoms with Gasteiger partial charge in [0.15, 0.2) is 11.5 Å². The molecule has 5 rings (SSSR count). The highest BCUT2D eigenvalue weighted by molar-refractivity contribution is 7.92. The van der Waals surface area contributed by atoms with E-state index in [9.17, 15) is 18.3 Å². The number of benzene rings is 3. The minimum absolute atomic E-state index is 0.105. The third-order valence-electron chi connectivity index (χ3n) is 9.02. The van der Waals surface area contributed by atoms with Crippen molar-refractivity contribution in [2.75, 3.05) is 44.9 Å². The molecule has 0 saturated heterocycles. The molecule has 266 valence electrons. The number of nitrogens with one attached hydrogen (secondary N) is 1. The summed E-state index contributed by atoms with van der Waals surface area (Å²) in [7, 11) is -1.87. The quantitative estimate of drug-likeness (QED) is 0.301. The number of sulfonamides is 1. The van der Waals surface area contributed by atoms with E-state index in [0.29, 0.717) is 32.0 Å². The number of carbonyl (C=O) groups excluding carboxylic acids is 1. The van der Waals surface area contributed by atoms with E-state index < -0.39 is 16.1 Å². The van der Waals surface area contributed by atoms with E-state index in [1.807, 2.05) is 39.1 Å². The highest BCUT2D eigenvalue weighted by Crippen LogP contribution is 2.33. The molecule has 0 bridgehead atoms. The number of hydrogen-bond donors (Lipinski definition) is 2. The van der Waals surface area contributed by atoms with E-state index in [1.54, 1.807) is 48.2 Å². The van der Waals surface area contributed by atoms with Crippen molar-refractivity contribution in [2.24, 2.45) is 5.92 Å². The normalized spacial score (nSPS) is 21.1. The van der Waals surface area contributed by atoms with Crippen LogP contribution >= 0.6 is 0 Å². The Balaban J connectivity index is 1.40. The summed E-state index contributed by atoms with van der Waals surface area (Å²) in [6.45, 7) is 9.83. The van der Waals surface area contributed by atoms with Crippen LogP contribution in [0, 0.1) is 12.8 Å². The second-order valence-electron chi connectivity index (χ2n) is 13.3. The Morgan fingerprint density at radius 3 is 2.49 bits per heavy atom. The summed E-state index contributed by atoms with van der Waals surface area (Å²) in [5.41, 5.74) is 2.49. The first-order valence-electron chi connectivity index (χ1n) is 16.9. The van der Waals surface area contributed by atoms with Crippen molar-refractivity contribution in [3.05, 3.63) is 77.4 Å². The number of rotatable bonds is 9. The van der Waals surface area contributed by atoms with Gasteiger partial charge in [-0.15, -0.1) is 0 Å². The van der Waals surface area contributed by atoms with E-state index in [0.717, 1.165) is 41.9 Å². The van der Waals surface area contributed by atoms with Crippen LogP contribution in [0.3, 0.4) is 0 Å². The lowest BCUT2D eigenvalue weighted by Gasteiger charge is -2.36. The van der Waals surface area contributed by atoms with Crippen molar-refractivity contribution in [3.63, 3.8) is 0 Å². The number of fused-ring (bicyclic) bond motifs is 2. The molecule has 2 N–H and O–H groups in total. The zero-order valence-electron chi connectivity index (χ0n) is 29.1. The molecule has 4 atom stereocenters. The molecule has 0 aliphatic carbocycles. The Bertz CT molecular complexity index is 1680. The van der Waals surface area contributed by atoms with Crippen LogP contribution < -0.4 is 18.9 Å². The van der Waals surface area contributed by atoms with Crippen LogP contribution in [-0.2, 0) is 21.3 Å². The molecule has 0 aromatic heterocycles. The number of amides is 1. The van der Waals surface area contributed by atoms with Gasteiger partial charge in [0.25, 0.3) is 15.9 Å². The Morgan fingerprint density at radius 1 is 1.00 bits per heavy atom. The zero-order valence-corrected chi connectivity index (χ0v) is 29.9. The maximum absolute atomic E-state index is 14.4. The number of hydrogen-bond acceptors (Lipinski definition) is 9. The van der Waals surface area contributed by atoms with Gasteiger partial charge in [0, 0.05) is 37.8 Å². The van der Waals surface area contributed by atoms with E-state index in [2.05, 4.69) is 16.5 Å². The predicted octanol–water partition coefficient (Wildman–Crippen LogP) is 5.45. The molecule has 3 aromatic rings. The maximum Gasteiger partial charge on any atom is 0.261 e. The molecular weight excluding hydrogens is 646 g/mol. The van der Waals surface area contributed by atoms with Gasteiger partial charge in [-0.25, -0.2) is 8.42 Å². The Hall–Kier alpha value is -3.84. The van der Waals surface area contributed by atoms with Crippen LogP contribution in [0.25, 0.3) is 0 Å². The number of anilines is 1. The van der Waals surface area contributed by atoms with E-state index in [1.165, 1.54) is 6.07 Å². The summed E-state index contributed by atoms with van der Waals surface area (Å²) in [5.74, 6) is 1.38. The lowest BCUT2D eigenvalue weighted by molar-refractivity contribution is -0.0177. The molecule has 0 unspecified atom stereocenters. The molecule has 12 heteroatoms. The standard InChI is InChI=1S/C37H49N3O8S/c1-25-9-13-31(14-10-25)49(43,44)38-30-12-16-33-32(19-30)37(42)40(27(3)23-41)20-26(2)36(45-17-7-6-8-28(4)48-33)22-39(5)21-29-11-15-34-35(18-29)47-24-46-34/h9-16,18-19,26-28,36,38,41H,6-8,17,20-24H2,1-5H3/t26-,27-,28-,36+/m0/s1. The SMILES string of the molecule is Cc1ccc(S(=O)(=O)Nc2ccc3c(c2)C(=O)N([C@@H](C)CO)C[C@H](C)[C@@H](CN(C)Cc2ccc4c(c2)OCO4)OCCCC[C@H](C)O3)cc1. The zero-order chi connectivity index (χ0) is 35.1. The van der Waals surface area contributed by atoms with E-state index in [4.69, 9.17) is 18.9 Å². The largest absolute Gasteiger partial charge is 0.490 e. The number of aliphatic hydroxyl groups is 1. The topological polar surface area (TPSA) is 127 Å². The van der Waals surface area contributed by atoms with Crippen LogP contribution in [0.15, 0.2) is 65.6 Å². The molecule has 0 radical (unpaired) electrons. The second-order valence-corrected chi connectivity index (χ2v) is 15.0. The van der Waals surface area contributed by atoms with Crippen molar-refractivity contribution < 1.29 is 37.3 Å². The van der Waals surface area contributed by atoms with Gasteiger partial charge in [0.2, 0.25) is 6.79 Å². The summed E-state index contributed by atoms with van der Waals surface area (Å²) in [6, 6.07) is 16.8. The third kappa shape index (κ3) is 9.45. The molecule has 2 aliphatic rings. The van der Waals surface area contributed by atoms with Gasteiger partial charge in [0.05, 0.1) is 35.3 Å². The Labute approximate surface area is 290 Å². The van der Waals surface area contributed by atoms with Gasteiger partial charge >= 0.3 is 0 Å².